The third-order valence-corrected chi connectivity index (χ3v) is 8.51. The average molecular weight is 647 g/mol. The van der Waals surface area contributed by atoms with E-state index >= 15 is 0 Å². The number of aryl methyl sites for hydroxylation is 1. The van der Waals surface area contributed by atoms with Crippen molar-refractivity contribution < 1.29 is 45.6 Å². The fraction of sp³-hybridized carbons (Fsp3) is 0.600. The molecule has 0 saturated carbocycles. The number of phenols is 1. The average Bonchev–Trinajstić information content (AvgIpc) is 2.94. The van der Waals surface area contributed by atoms with E-state index in [0.717, 1.165) is 29.7 Å². The van der Waals surface area contributed by atoms with Gasteiger partial charge in [0.05, 0.1) is 38.4 Å². The number of carbonyl (C=O) groups is 2. The van der Waals surface area contributed by atoms with Gasteiger partial charge in [0.15, 0.2) is 5.78 Å². The lowest BCUT2D eigenvalue weighted by molar-refractivity contribution is -0.910. The highest BCUT2D eigenvalue weighted by Crippen LogP contribution is 2.39. The molecule has 0 spiro atoms. The van der Waals surface area contributed by atoms with Crippen LogP contribution in [-0.2, 0) is 0 Å². The largest absolute Gasteiger partial charge is 1.00 e. The Morgan fingerprint density at radius 3 is 1.83 bits per heavy atom. The third-order valence-electron chi connectivity index (χ3n) is 8.51. The number of benzene rings is 2. The molecule has 0 fully saturated rings. The number of methoxy groups -OCH3 is 1. The van der Waals surface area contributed by atoms with E-state index < -0.39 is 0 Å². The van der Waals surface area contributed by atoms with Gasteiger partial charge in [0, 0.05) is 17.2 Å². The lowest BCUT2D eigenvalue weighted by Gasteiger charge is -2.35. The molecule has 1 aliphatic rings. The summed E-state index contributed by atoms with van der Waals surface area (Å²) < 4.78 is 12.5. The summed E-state index contributed by atoms with van der Waals surface area (Å²) in [6.07, 6.45) is 15.3. The van der Waals surface area contributed by atoms with E-state index in [1.54, 1.807) is 6.07 Å². The summed E-state index contributed by atoms with van der Waals surface area (Å²) in [5.74, 6) is -0.185. The van der Waals surface area contributed by atoms with E-state index in [1.165, 1.54) is 96.3 Å². The van der Waals surface area contributed by atoms with Gasteiger partial charge in [0.1, 0.15) is 30.4 Å². The normalized spacial score (nSPS) is 12.5. The number of hydrogen-bond donors (Lipinski definition) is 1. The molecule has 1 N–H and O–H groups in total. The van der Waals surface area contributed by atoms with Crippen LogP contribution in [0.1, 0.15) is 128 Å². The first-order valence-corrected chi connectivity index (χ1v) is 15.9. The van der Waals surface area contributed by atoms with Crippen LogP contribution in [0.4, 0.5) is 0 Å². The molecule has 2 aromatic rings. The molecule has 0 bridgehead atoms. The van der Waals surface area contributed by atoms with Gasteiger partial charge in [0.25, 0.3) is 0 Å². The smallest absolute Gasteiger partial charge is 0.201 e. The number of phenolic OH excluding ortho intramolecular Hbond substituents is 1. The van der Waals surface area contributed by atoms with Gasteiger partial charge in [-0.25, -0.2) is 0 Å². The minimum atomic E-state index is -0.388. The lowest BCUT2D eigenvalue weighted by atomic mass is 9.82. The molecule has 7 heteroatoms. The highest BCUT2D eigenvalue weighted by molar-refractivity contribution is 6.30. The Morgan fingerprint density at radius 1 is 0.714 bits per heavy atom. The molecule has 0 saturated heterocycles. The maximum absolute atomic E-state index is 13.6. The van der Waals surface area contributed by atoms with Crippen LogP contribution in [0, 0.1) is 6.92 Å². The molecular weight excluding hydrogens is 594 g/mol. The standard InChI is InChI=1S/C35H51NO5.BrH/c1-6-8-10-12-14-16-18-36(4,19-17-15-13-11-9-7-2)20-21-41-31-23-26(3)22-28-33(31)35(39)32-29(34(28)38)24-27(40-5)25-30(32)37;/h22-25H,6-21H2,1-5H3;1H. The lowest BCUT2D eigenvalue weighted by Crippen LogP contribution is -3.00. The Labute approximate surface area is 264 Å². The highest BCUT2D eigenvalue weighted by Gasteiger charge is 2.36. The Kier molecular flexibility index (Phi) is 15.1. The van der Waals surface area contributed by atoms with Crippen molar-refractivity contribution in [3.63, 3.8) is 0 Å². The van der Waals surface area contributed by atoms with E-state index in [9.17, 15) is 14.7 Å². The number of carbonyl (C=O) groups excluding carboxylic acids is 2. The molecule has 0 radical (unpaired) electrons. The van der Waals surface area contributed by atoms with E-state index in [-0.39, 0.29) is 51.0 Å². The zero-order valence-corrected chi connectivity index (χ0v) is 28.1. The first-order valence-electron chi connectivity index (χ1n) is 15.9. The fourth-order valence-electron chi connectivity index (χ4n) is 5.95. The zero-order chi connectivity index (χ0) is 29.8. The fourth-order valence-corrected chi connectivity index (χ4v) is 5.95. The van der Waals surface area contributed by atoms with Gasteiger partial charge in [-0.3, -0.25) is 9.59 Å². The summed E-state index contributed by atoms with van der Waals surface area (Å²) in [7, 11) is 3.80. The van der Waals surface area contributed by atoms with Crippen molar-refractivity contribution >= 4 is 11.6 Å². The van der Waals surface area contributed by atoms with Crippen molar-refractivity contribution in [3.05, 3.63) is 52.1 Å². The van der Waals surface area contributed by atoms with Gasteiger partial charge in [-0.1, -0.05) is 65.2 Å². The first-order chi connectivity index (χ1) is 19.7. The van der Waals surface area contributed by atoms with E-state index in [1.807, 2.05) is 13.0 Å². The van der Waals surface area contributed by atoms with Gasteiger partial charge in [0.2, 0.25) is 5.78 Å². The number of ether oxygens (including phenoxy) is 2. The number of likely N-dealkylation sites (N-methyl/N-ethyl adjacent to an activating group) is 1. The molecular formula is C35H52BrNO5. The second-order valence-corrected chi connectivity index (χ2v) is 12.1. The van der Waals surface area contributed by atoms with Crippen molar-refractivity contribution in [2.24, 2.45) is 0 Å². The van der Waals surface area contributed by atoms with Crippen molar-refractivity contribution in [1.29, 1.82) is 0 Å². The van der Waals surface area contributed by atoms with Crippen molar-refractivity contribution in [2.75, 3.05) is 40.4 Å². The van der Waals surface area contributed by atoms with Crippen LogP contribution in [-0.4, -0.2) is 61.6 Å². The molecule has 1 aliphatic carbocycles. The predicted octanol–water partition coefficient (Wildman–Crippen LogP) is 5.04. The van der Waals surface area contributed by atoms with E-state index in [4.69, 9.17) is 9.47 Å². The summed E-state index contributed by atoms with van der Waals surface area (Å²) in [4.78, 5) is 27.1. The second kappa shape index (κ2) is 17.7. The number of unbranched alkanes of at least 4 members (excludes halogenated alkanes) is 10. The number of nitrogens with zero attached hydrogens (tertiary/aromatic N) is 1. The van der Waals surface area contributed by atoms with E-state index in [2.05, 4.69) is 20.9 Å². The molecule has 0 heterocycles. The molecule has 0 aromatic heterocycles. The van der Waals surface area contributed by atoms with Crippen molar-refractivity contribution in [1.82, 2.24) is 0 Å². The van der Waals surface area contributed by atoms with Crippen LogP contribution in [0.5, 0.6) is 17.2 Å². The third kappa shape index (κ3) is 9.57. The van der Waals surface area contributed by atoms with Crippen LogP contribution >= 0.6 is 0 Å². The quantitative estimate of drug-likeness (QED) is 0.146. The van der Waals surface area contributed by atoms with Crippen LogP contribution in [0.3, 0.4) is 0 Å². The topological polar surface area (TPSA) is 72.8 Å². The summed E-state index contributed by atoms with van der Waals surface area (Å²) in [5.41, 5.74) is 1.60. The van der Waals surface area contributed by atoms with E-state index in [0.29, 0.717) is 23.7 Å². The maximum Gasteiger partial charge on any atom is 0.201 e. The summed E-state index contributed by atoms with van der Waals surface area (Å²) in [5, 5.41) is 10.6. The molecule has 2 aromatic carbocycles. The summed E-state index contributed by atoms with van der Waals surface area (Å²) >= 11 is 0. The maximum atomic E-state index is 13.6. The minimum absolute atomic E-state index is 0. The summed E-state index contributed by atoms with van der Waals surface area (Å²) in [6, 6.07) is 6.46. The Hall–Kier alpha value is -2.38. The van der Waals surface area contributed by atoms with Crippen LogP contribution in [0.2, 0.25) is 0 Å². The number of rotatable bonds is 19. The number of ketones is 2. The minimum Gasteiger partial charge on any atom is -1.00 e. The molecule has 234 valence electrons. The summed E-state index contributed by atoms with van der Waals surface area (Å²) in [6.45, 7) is 9.95. The number of quaternary nitrogens is 1. The van der Waals surface area contributed by atoms with Gasteiger partial charge in [-0.15, -0.1) is 0 Å². The molecule has 3 rings (SSSR count). The second-order valence-electron chi connectivity index (χ2n) is 12.1. The van der Waals surface area contributed by atoms with Crippen LogP contribution in [0.25, 0.3) is 0 Å². The van der Waals surface area contributed by atoms with Gasteiger partial charge >= 0.3 is 0 Å². The SMILES string of the molecule is CCCCCCCC[N+](C)(CCCCCCCC)CCOc1cc(C)cc2c1C(=O)c1c(O)cc(OC)cc1C2=O.[Br-]. The van der Waals surface area contributed by atoms with Gasteiger partial charge in [-0.2, -0.15) is 0 Å². The van der Waals surface area contributed by atoms with Crippen LogP contribution in [0.15, 0.2) is 24.3 Å². The Morgan fingerprint density at radius 2 is 1.26 bits per heavy atom. The number of aromatic hydroxyl groups is 1. The van der Waals surface area contributed by atoms with Crippen molar-refractivity contribution in [3.8, 4) is 17.2 Å². The molecule has 0 atom stereocenters. The molecule has 6 nitrogen and oxygen atoms in total. The first kappa shape index (κ1) is 35.8. The number of hydrogen-bond acceptors (Lipinski definition) is 5. The molecule has 0 amide bonds. The molecule has 0 aliphatic heterocycles. The highest BCUT2D eigenvalue weighted by atomic mass is 79.9. The van der Waals surface area contributed by atoms with Gasteiger partial charge in [-0.05, 0) is 56.4 Å². The van der Waals surface area contributed by atoms with Crippen LogP contribution < -0.4 is 26.5 Å². The predicted molar refractivity (Wildman–Crippen MR) is 166 cm³/mol. The number of fused-ring (bicyclic) bond motifs is 2. The zero-order valence-electron chi connectivity index (χ0n) is 26.5. The Balaban J connectivity index is 0.00000616. The number of halogens is 1. The Bertz CT molecular complexity index is 1160. The monoisotopic (exact) mass is 645 g/mol. The molecule has 0 unspecified atom stereocenters. The van der Waals surface area contributed by atoms with Gasteiger partial charge < -0.3 is 36.0 Å². The molecule has 42 heavy (non-hydrogen) atoms. The van der Waals surface area contributed by atoms with Crippen molar-refractivity contribution in [2.45, 2.75) is 97.8 Å².